The van der Waals surface area contributed by atoms with Crippen LogP contribution in [0.25, 0.3) is 0 Å². The van der Waals surface area contributed by atoms with Gasteiger partial charge in [-0.2, -0.15) is 0 Å². The summed E-state index contributed by atoms with van der Waals surface area (Å²) in [5.41, 5.74) is 0.867. The number of ether oxygens (including phenoxy) is 10. The summed E-state index contributed by atoms with van der Waals surface area (Å²) >= 11 is 0. The molecule has 0 unspecified atom stereocenters. The van der Waals surface area contributed by atoms with Gasteiger partial charge in [0.1, 0.15) is 83.3 Å². The van der Waals surface area contributed by atoms with Crippen LogP contribution < -0.4 is 47.4 Å². The van der Waals surface area contributed by atoms with E-state index < -0.39 is 35.2 Å². The highest BCUT2D eigenvalue weighted by Crippen LogP contribution is 2.69. The van der Waals surface area contributed by atoms with Crippen molar-refractivity contribution in [2.24, 2.45) is 0 Å². The summed E-state index contributed by atoms with van der Waals surface area (Å²) in [4.78, 5) is 0. The number of hydrogen-bond donors (Lipinski definition) is 2. The van der Waals surface area contributed by atoms with Gasteiger partial charge in [-0.3, -0.25) is 0 Å². The smallest absolute Gasteiger partial charge is 0.164 e. The molecule has 6 aliphatic heterocycles. The maximum Gasteiger partial charge on any atom is 0.164 e. The van der Waals surface area contributed by atoms with Gasteiger partial charge in [-0.1, -0.05) is 13.2 Å². The number of fused-ring (bicyclic) bond motifs is 12. The molecule has 6 heterocycles. The maximum atomic E-state index is 14.7. The zero-order valence-corrected chi connectivity index (χ0v) is 33.3. The third kappa shape index (κ3) is 4.81. The molecule has 12 nitrogen and oxygen atoms in total. The third-order valence-corrected chi connectivity index (χ3v) is 12.9. The summed E-state index contributed by atoms with van der Waals surface area (Å²) in [5.74, 6) is 2.95. The third-order valence-electron chi connectivity index (χ3n) is 12.9. The lowest BCUT2D eigenvalue weighted by Gasteiger charge is -2.60. The van der Waals surface area contributed by atoms with E-state index in [0.29, 0.717) is 92.6 Å². The summed E-state index contributed by atoms with van der Waals surface area (Å²) < 4.78 is 62.6. The molecule has 0 amide bonds. The normalized spacial score (nSPS) is 28.8. The van der Waals surface area contributed by atoms with Crippen molar-refractivity contribution >= 4 is 0 Å². The Balaban J connectivity index is 1.30. The van der Waals surface area contributed by atoms with Gasteiger partial charge in [-0.05, 0) is 61.4 Å². The first-order valence-electron chi connectivity index (χ1n) is 19.5. The van der Waals surface area contributed by atoms with Gasteiger partial charge in [0.25, 0.3) is 0 Å². The molecule has 8 atom stereocenters. The van der Waals surface area contributed by atoms with Crippen molar-refractivity contribution in [3.63, 3.8) is 0 Å². The predicted molar refractivity (Wildman–Crippen MR) is 211 cm³/mol. The zero-order chi connectivity index (χ0) is 40.4. The van der Waals surface area contributed by atoms with Crippen LogP contribution in [-0.2, 0) is 24.0 Å². The molecular weight excluding hydrogens is 744 g/mol. The van der Waals surface area contributed by atoms with Crippen LogP contribution in [-0.4, -0.2) is 76.3 Å². The Morgan fingerprint density at radius 2 is 0.948 bits per heavy atom. The lowest BCUT2D eigenvalue weighted by Crippen LogP contribution is -2.66. The predicted octanol–water partition coefficient (Wildman–Crippen LogP) is 6.43. The van der Waals surface area contributed by atoms with Crippen LogP contribution in [0.15, 0.2) is 72.8 Å². The monoisotopic (exact) mass is 790 g/mol. The highest BCUT2D eigenvalue weighted by Gasteiger charge is 2.71. The van der Waals surface area contributed by atoms with Gasteiger partial charge < -0.3 is 57.6 Å². The molecule has 0 bridgehead atoms. The first-order chi connectivity index (χ1) is 27.9. The van der Waals surface area contributed by atoms with Gasteiger partial charge in [-0.15, -0.1) is 0 Å². The van der Waals surface area contributed by atoms with E-state index in [1.165, 1.54) is 0 Å². The van der Waals surface area contributed by atoms with E-state index in [4.69, 9.17) is 47.4 Å². The van der Waals surface area contributed by atoms with Crippen LogP contribution in [0, 0.1) is 0 Å². The Labute approximate surface area is 336 Å². The second-order valence-electron chi connectivity index (χ2n) is 16.1. The van der Waals surface area contributed by atoms with Crippen LogP contribution in [0.5, 0.6) is 57.5 Å². The van der Waals surface area contributed by atoms with Crippen LogP contribution in [0.4, 0.5) is 0 Å². The fourth-order valence-corrected chi connectivity index (χ4v) is 10.1. The standard InChI is InChI=1S/C46H46O12/c1-21(2)31-15-25-29(55-31)11-9-27-43(25)57-39-19-53-33-17-37(51-7)35(49-5)13-23(33)41(39)45(27,47)46(48)28-10-12-30-26(16-32(56-30)22(3)4)44(28)58-40-20-54-34-18-38(52-8)36(50-6)14-24(34)42(40)46/h9-14,17-18,31-32,39-42,47-48H,1,3,15-16,19-20H2,2,4-8H3/t31-,32-,39-,40-,41+,42+,45-,46-/m1/s1. The molecule has 0 saturated heterocycles. The summed E-state index contributed by atoms with van der Waals surface area (Å²) in [6.07, 6.45) is -1.23. The fourth-order valence-electron chi connectivity index (χ4n) is 10.1. The van der Waals surface area contributed by atoms with Gasteiger partial charge in [0.05, 0.1) is 40.3 Å². The van der Waals surface area contributed by atoms with Gasteiger partial charge in [-0.25, -0.2) is 0 Å². The first kappa shape index (κ1) is 36.6. The summed E-state index contributed by atoms with van der Waals surface area (Å²) in [7, 11) is 6.22. The van der Waals surface area contributed by atoms with Crippen molar-refractivity contribution in [1.82, 2.24) is 0 Å². The highest BCUT2D eigenvalue weighted by molar-refractivity contribution is 5.67. The topological polar surface area (TPSA) is 133 Å². The SMILES string of the molecule is C=C(C)[C@H]1Cc2c(ccc3c2O[C@@H]2COc4cc(OC)c(OC)cc4[C@@H]2[C@@]3(O)[C@@]2(O)c3ccc4c(c3O[C@@H]3COc5cc(OC)c(OC)cc5[C@@H]32)C[C@H](C(=C)C)O4)O1. The summed E-state index contributed by atoms with van der Waals surface area (Å²) in [6, 6.07) is 14.4. The number of benzene rings is 4. The van der Waals surface area contributed by atoms with Crippen molar-refractivity contribution in [2.75, 3.05) is 41.7 Å². The quantitative estimate of drug-likeness (QED) is 0.200. The molecule has 12 heteroatoms. The average Bonchev–Trinajstić information content (AvgIpc) is 3.88. The molecule has 10 rings (SSSR count). The van der Waals surface area contributed by atoms with Crippen LogP contribution in [0.2, 0.25) is 0 Å². The Hall–Kier alpha value is -5.72. The number of hydrogen-bond acceptors (Lipinski definition) is 12. The van der Waals surface area contributed by atoms with E-state index in [2.05, 4.69) is 13.2 Å². The van der Waals surface area contributed by atoms with E-state index in [-0.39, 0.29) is 25.4 Å². The molecule has 58 heavy (non-hydrogen) atoms. The molecule has 302 valence electrons. The Kier molecular flexibility index (Phi) is 8.14. The number of methoxy groups -OCH3 is 4. The molecule has 0 aromatic heterocycles. The van der Waals surface area contributed by atoms with E-state index in [1.54, 1.807) is 52.7 Å². The molecule has 0 saturated carbocycles. The molecule has 0 spiro atoms. The van der Waals surface area contributed by atoms with Crippen molar-refractivity contribution in [3.05, 3.63) is 106 Å². The second-order valence-corrected chi connectivity index (χ2v) is 16.1. The van der Waals surface area contributed by atoms with E-state index >= 15 is 0 Å². The fraction of sp³-hybridized carbons (Fsp3) is 0.391. The van der Waals surface area contributed by atoms with E-state index in [9.17, 15) is 10.2 Å². The zero-order valence-electron chi connectivity index (χ0n) is 33.3. The molecule has 4 aromatic rings. The molecule has 0 radical (unpaired) electrons. The lowest BCUT2D eigenvalue weighted by atomic mass is 9.54. The Bertz CT molecular complexity index is 2260. The molecule has 4 aromatic carbocycles. The van der Waals surface area contributed by atoms with Crippen LogP contribution in [0.1, 0.15) is 59.1 Å². The molecule has 6 aliphatic rings. The minimum Gasteiger partial charge on any atom is -0.493 e. The van der Waals surface area contributed by atoms with Crippen LogP contribution in [0.3, 0.4) is 0 Å². The number of aliphatic hydroxyl groups is 2. The second kappa shape index (κ2) is 12.9. The largest absolute Gasteiger partial charge is 0.493 e. The van der Waals surface area contributed by atoms with E-state index in [0.717, 1.165) is 22.3 Å². The van der Waals surface area contributed by atoms with Gasteiger partial charge in [0.15, 0.2) is 23.0 Å². The van der Waals surface area contributed by atoms with Crippen molar-refractivity contribution in [3.8, 4) is 57.5 Å². The van der Waals surface area contributed by atoms with Crippen molar-refractivity contribution < 1.29 is 57.6 Å². The molecule has 2 N–H and O–H groups in total. The lowest BCUT2D eigenvalue weighted by molar-refractivity contribution is -0.237. The molecule has 0 fully saturated rings. The van der Waals surface area contributed by atoms with Crippen molar-refractivity contribution in [2.45, 2.75) is 74.1 Å². The Morgan fingerprint density at radius 1 is 0.569 bits per heavy atom. The van der Waals surface area contributed by atoms with Crippen molar-refractivity contribution in [1.29, 1.82) is 0 Å². The molecule has 0 aliphatic carbocycles. The maximum absolute atomic E-state index is 14.7. The van der Waals surface area contributed by atoms with Gasteiger partial charge >= 0.3 is 0 Å². The minimum atomic E-state index is -2.16. The van der Waals surface area contributed by atoms with E-state index in [1.807, 2.05) is 38.1 Å². The average molecular weight is 791 g/mol. The summed E-state index contributed by atoms with van der Waals surface area (Å²) in [6.45, 7) is 12.3. The van der Waals surface area contributed by atoms with Gasteiger partial charge in [0, 0.05) is 58.4 Å². The van der Waals surface area contributed by atoms with Gasteiger partial charge in [0.2, 0.25) is 0 Å². The highest BCUT2D eigenvalue weighted by atomic mass is 16.6. The minimum absolute atomic E-state index is 0.0555. The molecular formula is C46H46O12. The van der Waals surface area contributed by atoms with Crippen LogP contribution >= 0.6 is 0 Å². The Morgan fingerprint density at radius 3 is 1.31 bits per heavy atom. The summed E-state index contributed by atoms with van der Waals surface area (Å²) in [5, 5.41) is 29.3. The number of rotatable bonds is 7. The first-order valence-corrected chi connectivity index (χ1v) is 19.5.